The molecule has 2 rings (SSSR count). The summed E-state index contributed by atoms with van der Waals surface area (Å²) in [5.74, 6) is 0. The monoisotopic (exact) mass is 189 g/mol. The van der Waals surface area contributed by atoms with Gasteiger partial charge < -0.3 is 0 Å². The molecule has 1 aliphatic rings. The summed E-state index contributed by atoms with van der Waals surface area (Å²) in [6, 6.07) is 9.40. The fourth-order valence-corrected chi connectivity index (χ4v) is 2.62. The van der Waals surface area contributed by atoms with Gasteiger partial charge in [0.1, 0.15) is 0 Å². The first-order valence-corrected chi connectivity index (χ1v) is 5.38. The lowest BCUT2D eigenvalue weighted by molar-refractivity contribution is 0.0981. The minimum absolute atomic E-state index is 0.199. The zero-order valence-electron chi connectivity index (χ0n) is 9.54. The van der Waals surface area contributed by atoms with Crippen LogP contribution in [0, 0.1) is 0 Å². The van der Waals surface area contributed by atoms with E-state index in [1.807, 2.05) is 0 Å². The predicted molar refractivity (Wildman–Crippen MR) is 60.1 cm³/mol. The van der Waals surface area contributed by atoms with Gasteiger partial charge in [-0.25, -0.2) is 0 Å². The molecule has 0 spiro atoms. The molecule has 0 unspecified atom stereocenters. The maximum absolute atomic E-state index is 2.55. The Morgan fingerprint density at radius 3 is 2.43 bits per heavy atom. The Kier molecular flexibility index (Phi) is 2.15. The molecule has 76 valence electrons. The highest BCUT2D eigenvalue weighted by Gasteiger charge is 2.37. The van der Waals surface area contributed by atoms with Crippen LogP contribution in [0.1, 0.15) is 38.8 Å². The summed E-state index contributed by atoms with van der Waals surface area (Å²) < 4.78 is 0. The van der Waals surface area contributed by atoms with E-state index in [4.69, 9.17) is 0 Å². The van der Waals surface area contributed by atoms with Crippen molar-refractivity contribution in [2.45, 2.75) is 45.8 Å². The fourth-order valence-electron chi connectivity index (χ4n) is 2.62. The van der Waals surface area contributed by atoms with Crippen LogP contribution in [-0.4, -0.2) is 10.9 Å². The summed E-state index contributed by atoms with van der Waals surface area (Å²) in [5, 5.41) is 0. The smallest absolute Gasteiger partial charge is 0.0413 e. The fraction of sp³-hybridized carbons (Fsp3) is 0.538. The van der Waals surface area contributed by atoms with Gasteiger partial charge in [-0.2, -0.15) is 0 Å². The molecule has 0 N–H and O–H groups in total. The number of nitrogens with zero attached hydrogens (tertiary/aromatic N) is 1. The molecule has 0 saturated heterocycles. The first-order chi connectivity index (χ1) is 6.53. The van der Waals surface area contributed by atoms with Gasteiger partial charge in [0.05, 0.1) is 0 Å². The molecule has 0 amide bonds. The lowest BCUT2D eigenvalue weighted by atomic mass is 9.93. The van der Waals surface area contributed by atoms with Crippen LogP contribution in [0.5, 0.6) is 0 Å². The number of rotatable bonds is 1. The average Bonchev–Trinajstić information content (AvgIpc) is 2.39. The van der Waals surface area contributed by atoms with Gasteiger partial charge in [0, 0.05) is 18.1 Å². The molecule has 1 aliphatic heterocycles. The summed E-state index contributed by atoms with van der Waals surface area (Å²) in [6.07, 6.45) is 0. The molecule has 0 saturated carbocycles. The molecule has 0 aromatic heterocycles. The van der Waals surface area contributed by atoms with Crippen molar-refractivity contribution in [2.75, 3.05) is 0 Å². The van der Waals surface area contributed by atoms with Gasteiger partial charge in [-0.1, -0.05) is 24.3 Å². The van der Waals surface area contributed by atoms with Crippen LogP contribution >= 0.6 is 0 Å². The third kappa shape index (κ3) is 1.27. The molecule has 1 aromatic carbocycles. The summed E-state index contributed by atoms with van der Waals surface area (Å²) in [4.78, 5) is 2.55. The van der Waals surface area contributed by atoms with Crippen molar-refractivity contribution in [2.24, 2.45) is 0 Å². The van der Waals surface area contributed by atoms with Gasteiger partial charge in [0.15, 0.2) is 0 Å². The normalized spacial score (nSPS) is 20.1. The Morgan fingerprint density at radius 2 is 1.86 bits per heavy atom. The van der Waals surface area contributed by atoms with Gasteiger partial charge in [-0.3, -0.25) is 4.90 Å². The van der Waals surface area contributed by atoms with Crippen LogP contribution in [0.15, 0.2) is 24.3 Å². The molecule has 0 fully saturated rings. The van der Waals surface area contributed by atoms with E-state index in [0.29, 0.717) is 6.04 Å². The minimum atomic E-state index is 0.199. The summed E-state index contributed by atoms with van der Waals surface area (Å²) >= 11 is 0. The van der Waals surface area contributed by atoms with Crippen LogP contribution in [0.3, 0.4) is 0 Å². The van der Waals surface area contributed by atoms with Gasteiger partial charge in [-0.15, -0.1) is 0 Å². The van der Waals surface area contributed by atoms with Crippen molar-refractivity contribution in [3.05, 3.63) is 35.4 Å². The molecule has 0 atom stereocenters. The number of hydrogen-bond acceptors (Lipinski definition) is 1. The predicted octanol–water partition coefficient (Wildman–Crippen LogP) is 3.15. The highest BCUT2D eigenvalue weighted by molar-refractivity contribution is 5.37. The molecular formula is C13H19N. The Labute approximate surface area is 86.7 Å². The van der Waals surface area contributed by atoms with E-state index in [2.05, 4.69) is 56.9 Å². The lowest BCUT2D eigenvalue weighted by Crippen LogP contribution is -2.40. The maximum atomic E-state index is 2.55. The average molecular weight is 189 g/mol. The number of hydrogen-bond donors (Lipinski definition) is 0. The first-order valence-electron chi connectivity index (χ1n) is 5.38. The third-order valence-corrected chi connectivity index (χ3v) is 3.36. The van der Waals surface area contributed by atoms with E-state index in [-0.39, 0.29) is 5.54 Å². The zero-order valence-corrected chi connectivity index (χ0v) is 9.54. The molecular weight excluding hydrogens is 170 g/mol. The van der Waals surface area contributed by atoms with Crippen LogP contribution in [0.25, 0.3) is 0 Å². The van der Waals surface area contributed by atoms with Crippen molar-refractivity contribution >= 4 is 0 Å². The van der Waals surface area contributed by atoms with Gasteiger partial charge in [0.25, 0.3) is 0 Å². The standard InChI is InChI=1S/C13H19N/c1-10(2)14-9-11-7-5-6-8-12(11)13(14,3)4/h5-8,10H,9H2,1-4H3. The molecule has 1 nitrogen and oxygen atoms in total. The molecule has 1 heterocycles. The Hall–Kier alpha value is -0.820. The molecule has 14 heavy (non-hydrogen) atoms. The van der Waals surface area contributed by atoms with Crippen molar-refractivity contribution in [1.29, 1.82) is 0 Å². The van der Waals surface area contributed by atoms with E-state index in [0.717, 1.165) is 6.54 Å². The van der Waals surface area contributed by atoms with Crippen LogP contribution < -0.4 is 0 Å². The molecule has 0 radical (unpaired) electrons. The van der Waals surface area contributed by atoms with Gasteiger partial charge in [-0.05, 0) is 38.8 Å². The largest absolute Gasteiger partial charge is 0.287 e. The first kappa shape index (κ1) is 9.72. The van der Waals surface area contributed by atoms with Crippen molar-refractivity contribution in [3.63, 3.8) is 0 Å². The van der Waals surface area contributed by atoms with E-state index < -0.39 is 0 Å². The topological polar surface area (TPSA) is 3.24 Å². The molecule has 1 heteroatoms. The Morgan fingerprint density at radius 1 is 1.21 bits per heavy atom. The van der Waals surface area contributed by atoms with Crippen molar-refractivity contribution in [3.8, 4) is 0 Å². The maximum Gasteiger partial charge on any atom is 0.0413 e. The summed E-state index contributed by atoms with van der Waals surface area (Å²) in [7, 11) is 0. The van der Waals surface area contributed by atoms with Crippen molar-refractivity contribution < 1.29 is 0 Å². The minimum Gasteiger partial charge on any atom is -0.287 e. The highest BCUT2D eigenvalue weighted by atomic mass is 15.2. The molecule has 1 aromatic rings. The Bertz CT molecular complexity index is 339. The number of benzene rings is 1. The zero-order chi connectivity index (χ0) is 10.3. The second-order valence-electron chi connectivity index (χ2n) is 4.94. The van der Waals surface area contributed by atoms with E-state index in [9.17, 15) is 0 Å². The molecule has 0 bridgehead atoms. The van der Waals surface area contributed by atoms with Crippen LogP contribution in [-0.2, 0) is 12.1 Å². The lowest BCUT2D eigenvalue weighted by Gasteiger charge is -2.35. The second kappa shape index (κ2) is 3.09. The quantitative estimate of drug-likeness (QED) is 0.656. The number of fused-ring (bicyclic) bond motifs is 1. The van der Waals surface area contributed by atoms with Gasteiger partial charge >= 0.3 is 0 Å². The van der Waals surface area contributed by atoms with E-state index in [1.165, 1.54) is 11.1 Å². The SMILES string of the molecule is CC(C)N1Cc2ccccc2C1(C)C. The van der Waals surface area contributed by atoms with E-state index >= 15 is 0 Å². The van der Waals surface area contributed by atoms with Crippen molar-refractivity contribution in [1.82, 2.24) is 4.90 Å². The Balaban J connectivity index is 2.45. The van der Waals surface area contributed by atoms with Crippen LogP contribution in [0.2, 0.25) is 0 Å². The summed E-state index contributed by atoms with van der Waals surface area (Å²) in [6.45, 7) is 10.3. The van der Waals surface area contributed by atoms with E-state index in [1.54, 1.807) is 0 Å². The molecule has 0 aliphatic carbocycles. The third-order valence-electron chi connectivity index (χ3n) is 3.36. The van der Waals surface area contributed by atoms with Crippen LogP contribution in [0.4, 0.5) is 0 Å². The highest BCUT2D eigenvalue weighted by Crippen LogP contribution is 2.39. The summed E-state index contributed by atoms with van der Waals surface area (Å²) in [5.41, 5.74) is 3.19. The second-order valence-corrected chi connectivity index (χ2v) is 4.94. The van der Waals surface area contributed by atoms with Gasteiger partial charge in [0.2, 0.25) is 0 Å².